The van der Waals surface area contributed by atoms with Gasteiger partial charge in [0.15, 0.2) is 11.5 Å². The number of benzene rings is 1. The number of nitrogens with one attached hydrogen (secondary N) is 1. The normalized spacial score (nSPS) is 12.3. The summed E-state index contributed by atoms with van der Waals surface area (Å²) in [6, 6.07) is 3.90. The first kappa shape index (κ1) is 15.3. The Hall–Kier alpha value is -0.780. The van der Waals surface area contributed by atoms with E-state index in [1.807, 2.05) is 19.1 Å². The maximum atomic E-state index is 9.46. The number of aliphatic hydroxyl groups is 1. The van der Waals surface area contributed by atoms with E-state index in [2.05, 4.69) is 21.2 Å². The van der Waals surface area contributed by atoms with Crippen molar-refractivity contribution >= 4 is 15.9 Å². The third-order valence-electron chi connectivity index (χ3n) is 2.67. The molecule has 102 valence electrons. The Morgan fingerprint density at radius 2 is 2.06 bits per heavy atom. The SMILES string of the molecule is CCC(O)CNCc1cc(Br)c(OC)c(OC)c1. The first-order valence-corrected chi connectivity index (χ1v) is 6.70. The van der Waals surface area contributed by atoms with Gasteiger partial charge in [-0.15, -0.1) is 0 Å². The van der Waals surface area contributed by atoms with Crippen molar-refractivity contribution in [2.75, 3.05) is 20.8 Å². The summed E-state index contributed by atoms with van der Waals surface area (Å²) in [7, 11) is 3.22. The molecule has 1 unspecified atom stereocenters. The van der Waals surface area contributed by atoms with Crippen molar-refractivity contribution in [2.24, 2.45) is 0 Å². The minimum Gasteiger partial charge on any atom is -0.493 e. The number of methoxy groups -OCH3 is 2. The van der Waals surface area contributed by atoms with Crippen molar-refractivity contribution < 1.29 is 14.6 Å². The van der Waals surface area contributed by atoms with Gasteiger partial charge < -0.3 is 19.9 Å². The molecule has 0 radical (unpaired) electrons. The van der Waals surface area contributed by atoms with Crippen LogP contribution in [0.1, 0.15) is 18.9 Å². The van der Waals surface area contributed by atoms with E-state index in [1.54, 1.807) is 14.2 Å². The Balaban J connectivity index is 2.69. The number of aliphatic hydroxyl groups excluding tert-OH is 1. The van der Waals surface area contributed by atoms with Crippen molar-refractivity contribution in [3.8, 4) is 11.5 Å². The van der Waals surface area contributed by atoms with Gasteiger partial charge in [-0.05, 0) is 40.0 Å². The monoisotopic (exact) mass is 317 g/mol. The molecule has 2 N–H and O–H groups in total. The summed E-state index contributed by atoms with van der Waals surface area (Å²) in [5.41, 5.74) is 1.07. The highest BCUT2D eigenvalue weighted by Crippen LogP contribution is 2.36. The van der Waals surface area contributed by atoms with Gasteiger partial charge in [-0.2, -0.15) is 0 Å². The summed E-state index contributed by atoms with van der Waals surface area (Å²) in [4.78, 5) is 0. The Kier molecular flexibility index (Phi) is 6.46. The van der Waals surface area contributed by atoms with Gasteiger partial charge in [0.05, 0.1) is 24.8 Å². The Bertz CT molecular complexity index is 385. The van der Waals surface area contributed by atoms with Gasteiger partial charge in [0.1, 0.15) is 0 Å². The second-order valence-electron chi connectivity index (χ2n) is 4.01. The molecule has 0 spiro atoms. The van der Waals surface area contributed by atoms with Crippen LogP contribution in [-0.4, -0.2) is 32.0 Å². The summed E-state index contributed by atoms with van der Waals surface area (Å²) in [5, 5.41) is 12.7. The van der Waals surface area contributed by atoms with E-state index >= 15 is 0 Å². The van der Waals surface area contributed by atoms with Crippen molar-refractivity contribution in [1.29, 1.82) is 0 Å². The van der Waals surface area contributed by atoms with Crippen LogP contribution < -0.4 is 14.8 Å². The number of hydrogen-bond donors (Lipinski definition) is 2. The fourth-order valence-electron chi connectivity index (χ4n) is 1.60. The van der Waals surface area contributed by atoms with Crippen LogP contribution in [0.25, 0.3) is 0 Å². The van der Waals surface area contributed by atoms with E-state index in [1.165, 1.54) is 0 Å². The molecule has 0 aliphatic heterocycles. The highest BCUT2D eigenvalue weighted by Gasteiger charge is 2.10. The van der Waals surface area contributed by atoms with Crippen LogP contribution in [0, 0.1) is 0 Å². The molecule has 0 saturated heterocycles. The lowest BCUT2D eigenvalue weighted by molar-refractivity contribution is 0.167. The van der Waals surface area contributed by atoms with E-state index in [0.29, 0.717) is 24.6 Å². The number of ether oxygens (including phenoxy) is 2. The zero-order valence-electron chi connectivity index (χ0n) is 11.0. The Morgan fingerprint density at radius 1 is 1.33 bits per heavy atom. The smallest absolute Gasteiger partial charge is 0.174 e. The van der Waals surface area contributed by atoms with Crippen molar-refractivity contribution in [3.05, 3.63) is 22.2 Å². The summed E-state index contributed by atoms with van der Waals surface area (Å²) in [6.07, 6.45) is 0.455. The van der Waals surface area contributed by atoms with Crippen LogP contribution in [0.2, 0.25) is 0 Å². The van der Waals surface area contributed by atoms with Crippen LogP contribution in [-0.2, 0) is 6.54 Å². The summed E-state index contributed by atoms with van der Waals surface area (Å²) < 4.78 is 11.4. The topological polar surface area (TPSA) is 50.7 Å². The van der Waals surface area contributed by atoms with E-state index in [-0.39, 0.29) is 6.10 Å². The molecule has 0 saturated carbocycles. The molecule has 0 aliphatic carbocycles. The Labute approximate surface area is 116 Å². The van der Waals surface area contributed by atoms with Gasteiger partial charge >= 0.3 is 0 Å². The highest BCUT2D eigenvalue weighted by atomic mass is 79.9. The molecule has 18 heavy (non-hydrogen) atoms. The molecule has 1 atom stereocenters. The van der Waals surface area contributed by atoms with Gasteiger partial charge in [0.25, 0.3) is 0 Å². The molecule has 4 nitrogen and oxygen atoms in total. The standard InChI is InChI=1S/C13H20BrNO3/c1-4-10(16)8-15-7-9-5-11(14)13(18-3)12(6-9)17-2/h5-6,10,15-16H,4,7-8H2,1-3H3. The van der Waals surface area contributed by atoms with Crippen LogP contribution in [0.3, 0.4) is 0 Å². The number of rotatable bonds is 7. The van der Waals surface area contributed by atoms with Crippen LogP contribution in [0.5, 0.6) is 11.5 Å². The molecule has 1 rings (SSSR count). The largest absolute Gasteiger partial charge is 0.493 e. The molecule has 1 aromatic rings. The van der Waals surface area contributed by atoms with E-state index in [0.717, 1.165) is 16.5 Å². The molecule has 1 aromatic carbocycles. The fourth-order valence-corrected chi connectivity index (χ4v) is 2.25. The maximum Gasteiger partial charge on any atom is 0.174 e. The molecule has 0 aliphatic rings. The van der Waals surface area contributed by atoms with Crippen molar-refractivity contribution in [3.63, 3.8) is 0 Å². The average molecular weight is 318 g/mol. The van der Waals surface area contributed by atoms with Gasteiger partial charge in [-0.1, -0.05) is 6.92 Å². The molecule has 0 amide bonds. The molecule has 5 heteroatoms. The highest BCUT2D eigenvalue weighted by molar-refractivity contribution is 9.10. The quantitative estimate of drug-likeness (QED) is 0.810. The zero-order chi connectivity index (χ0) is 13.5. The number of halogens is 1. The van der Waals surface area contributed by atoms with Gasteiger partial charge in [0, 0.05) is 13.1 Å². The van der Waals surface area contributed by atoms with E-state index < -0.39 is 0 Å². The van der Waals surface area contributed by atoms with Crippen LogP contribution in [0.4, 0.5) is 0 Å². The van der Waals surface area contributed by atoms with Gasteiger partial charge in [-0.3, -0.25) is 0 Å². The predicted octanol–water partition coefficient (Wildman–Crippen LogP) is 2.33. The summed E-state index contributed by atoms with van der Waals surface area (Å²) in [6.45, 7) is 3.22. The molecule has 0 bridgehead atoms. The van der Waals surface area contributed by atoms with E-state index in [4.69, 9.17) is 9.47 Å². The van der Waals surface area contributed by atoms with Crippen molar-refractivity contribution in [2.45, 2.75) is 26.0 Å². The van der Waals surface area contributed by atoms with Gasteiger partial charge in [0.2, 0.25) is 0 Å². The summed E-state index contributed by atoms with van der Waals surface area (Å²) in [5.74, 6) is 1.38. The van der Waals surface area contributed by atoms with Crippen LogP contribution in [0.15, 0.2) is 16.6 Å². The molecule has 0 aromatic heterocycles. The lowest BCUT2D eigenvalue weighted by Gasteiger charge is -2.13. The predicted molar refractivity (Wildman–Crippen MR) is 75.3 cm³/mol. The van der Waals surface area contributed by atoms with Gasteiger partial charge in [-0.25, -0.2) is 0 Å². The zero-order valence-corrected chi connectivity index (χ0v) is 12.6. The minimum atomic E-state index is -0.298. The molecular formula is C13H20BrNO3. The fraction of sp³-hybridized carbons (Fsp3) is 0.538. The molecule has 0 fully saturated rings. The van der Waals surface area contributed by atoms with Crippen molar-refractivity contribution in [1.82, 2.24) is 5.32 Å². The Morgan fingerprint density at radius 3 is 2.61 bits per heavy atom. The maximum absolute atomic E-state index is 9.46. The lowest BCUT2D eigenvalue weighted by atomic mass is 10.2. The second kappa shape index (κ2) is 7.61. The summed E-state index contributed by atoms with van der Waals surface area (Å²) >= 11 is 3.45. The third-order valence-corrected chi connectivity index (χ3v) is 3.26. The third kappa shape index (κ3) is 4.15. The molecular weight excluding hydrogens is 298 g/mol. The molecule has 0 heterocycles. The first-order valence-electron chi connectivity index (χ1n) is 5.91. The first-order chi connectivity index (χ1) is 8.62. The number of hydrogen-bond acceptors (Lipinski definition) is 4. The average Bonchev–Trinajstić information content (AvgIpc) is 2.37. The van der Waals surface area contributed by atoms with E-state index in [9.17, 15) is 5.11 Å². The lowest BCUT2D eigenvalue weighted by Crippen LogP contribution is -2.25. The minimum absolute atomic E-state index is 0.298. The second-order valence-corrected chi connectivity index (χ2v) is 4.86. The van der Waals surface area contributed by atoms with Crippen LogP contribution >= 0.6 is 15.9 Å².